The van der Waals surface area contributed by atoms with Crippen molar-refractivity contribution >= 4 is 17.8 Å². The number of nitrogens with zero attached hydrogens (tertiary/aromatic N) is 3. The first-order valence-electron chi connectivity index (χ1n) is 7.31. The number of halogens is 4. The van der Waals surface area contributed by atoms with E-state index in [1.54, 1.807) is 18.2 Å². The van der Waals surface area contributed by atoms with Crippen LogP contribution in [0.3, 0.4) is 0 Å². The van der Waals surface area contributed by atoms with Crippen LogP contribution in [0.2, 0.25) is 0 Å². The number of aromatic nitrogens is 3. The molecule has 5 nitrogen and oxygen atoms in total. The monoisotopic (exact) mass is 364 g/mol. The van der Waals surface area contributed by atoms with Gasteiger partial charge in [-0.1, -0.05) is 12.1 Å². The van der Waals surface area contributed by atoms with Crippen LogP contribution in [0.5, 0.6) is 5.75 Å². The summed E-state index contributed by atoms with van der Waals surface area (Å²) in [6, 6.07) is 9.56. The van der Waals surface area contributed by atoms with E-state index < -0.39 is 12.2 Å². The molecular formula is C17H12F4N4O. The second-order valence-electron chi connectivity index (χ2n) is 5.20. The molecule has 0 bridgehead atoms. The van der Waals surface area contributed by atoms with Gasteiger partial charge in [0.2, 0.25) is 0 Å². The van der Waals surface area contributed by atoms with E-state index in [9.17, 15) is 17.6 Å². The summed E-state index contributed by atoms with van der Waals surface area (Å²) in [7, 11) is 0. The summed E-state index contributed by atoms with van der Waals surface area (Å²) in [5.41, 5.74) is 6.56. The van der Waals surface area contributed by atoms with Crippen molar-refractivity contribution in [1.82, 2.24) is 14.8 Å². The van der Waals surface area contributed by atoms with Gasteiger partial charge < -0.3 is 10.5 Å². The Kier molecular flexibility index (Phi) is 4.61. The fraction of sp³-hybridized carbons (Fsp3) is 0.0588. The first-order valence-corrected chi connectivity index (χ1v) is 7.31. The van der Waals surface area contributed by atoms with Gasteiger partial charge in [0, 0.05) is 0 Å². The van der Waals surface area contributed by atoms with E-state index in [4.69, 9.17) is 5.73 Å². The number of ether oxygens (including phenoxy) is 1. The highest BCUT2D eigenvalue weighted by molar-refractivity contribution is 5.67. The van der Waals surface area contributed by atoms with Crippen molar-refractivity contribution in [2.45, 2.75) is 6.36 Å². The van der Waals surface area contributed by atoms with Gasteiger partial charge in [0.1, 0.15) is 17.9 Å². The summed E-state index contributed by atoms with van der Waals surface area (Å²) in [6.07, 6.45) is -0.151. The zero-order valence-corrected chi connectivity index (χ0v) is 13.1. The fourth-order valence-corrected chi connectivity index (χ4v) is 2.09. The molecule has 0 atom stereocenters. The van der Waals surface area contributed by atoms with Crippen LogP contribution in [0, 0.1) is 5.82 Å². The van der Waals surface area contributed by atoms with Gasteiger partial charge >= 0.3 is 6.36 Å². The summed E-state index contributed by atoms with van der Waals surface area (Å²) in [6.45, 7) is 0. The molecule has 2 N–H and O–H groups in total. The van der Waals surface area contributed by atoms with Gasteiger partial charge in [0.05, 0.1) is 11.4 Å². The Morgan fingerprint density at radius 1 is 1.04 bits per heavy atom. The number of anilines is 1. The lowest BCUT2D eigenvalue weighted by Crippen LogP contribution is -2.17. The summed E-state index contributed by atoms with van der Waals surface area (Å²) < 4.78 is 55.0. The molecular weight excluding hydrogens is 352 g/mol. The van der Waals surface area contributed by atoms with E-state index in [0.717, 1.165) is 0 Å². The Bertz CT molecular complexity index is 933. The summed E-state index contributed by atoms with van der Waals surface area (Å²) in [5.74, 6) is -0.503. The molecule has 0 amide bonds. The zero-order chi connectivity index (χ0) is 18.7. The third kappa shape index (κ3) is 4.38. The van der Waals surface area contributed by atoms with Crippen LogP contribution in [0.1, 0.15) is 11.4 Å². The van der Waals surface area contributed by atoms with Crippen LogP contribution in [0.15, 0.2) is 48.8 Å². The summed E-state index contributed by atoms with van der Waals surface area (Å²) >= 11 is 0. The number of benzene rings is 2. The smallest absolute Gasteiger partial charge is 0.406 e. The molecule has 0 radical (unpaired) electrons. The molecule has 0 aliphatic heterocycles. The first-order chi connectivity index (χ1) is 12.3. The molecule has 0 aliphatic carbocycles. The lowest BCUT2D eigenvalue weighted by atomic mass is 10.2. The van der Waals surface area contributed by atoms with Crippen LogP contribution in [0.4, 0.5) is 23.2 Å². The predicted molar refractivity (Wildman–Crippen MR) is 87.8 cm³/mol. The Balaban J connectivity index is 1.73. The minimum atomic E-state index is -4.74. The number of hydrogen-bond acceptors (Lipinski definition) is 4. The van der Waals surface area contributed by atoms with Gasteiger partial charge in [0.25, 0.3) is 0 Å². The molecule has 1 aromatic heterocycles. The van der Waals surface area contributed by atoms with Crippen molar-refractivity contribution < 1.29 is 22.3 Å². The minimum absolute atomic E-state index is 0.0579. The van der Waals surface area contributed by atoms with E-state index in [1.165, 1.54) is 47.4 Å². The van der Waals surface area contributed by atoms with Crippen LogP contribution in [0.25, 0.3) is 17.8 Å². The van der Waals surface area contributed by atoms with Gasteiger partial charge in [0.15, 0.2) is 5.82 Å². The summed E-state index contributed by atoms with van der Waals surface area (Å²) in [5, 5.41) is 4.18. The third-order valence-corrected chi connectivity index (χ3v) is 3.29. The molecule has 2 aromatic carbocycles. The molecule has 0 aliphatic rings. The van der Waals surface area contributed by atoms with E-state index in [-0.39, 0.29) is 11.4 Å². The number of rotatable bonds is 4. The van der Waals surface area contributed by atoms with Crippen molar-refractivity contribution in [1.29, 1.82) is 0 Å². The Morgan fingerprint density at radius 3 is 2.42 bits per heavy atom. The molecule has 3 aromatic rings. The van der Waals surface area contributed by atoms with E-state index in [1.807, 2.05) is 0 Å². The Labute approximate surface area is 145 Å². The Morgan fingerprint density at radius 2 is 1.77 bits per heavy atom. The van der Waals surface area contributed by atoms with Crippen LogP contribution < -0.4 is 10.5 Å². The fourth-order valence-electron chi connectivity index (χ4n) is 2.09. The van der Waals surface area contributed by atoms with Crippen LogP contribution >= 0.6 is 0 Å². The molecule has 0 unspecified atom stereocenters. The third-order valence-electron chi connectivity index (χ3n) is 3.29. The van der Waals surface area contributed by atoms with E-state index >= 15 is 0 Å². The van der Waals surface area contributed by atoms with Gasteiger partial charge in [-0.05, 0) is 48.0 Å². The summed E-state index contributed by atoms with van der Waals surface area (Å²) in [4.78, 5) is 4.06. The van der Waals surface area contributed by atoms with Crippen molar-refractivity contribution in [3.63, 3.8) is 0 Å². The molecule has 1 heterocycles. The first kappa shape index (κ1) is 17.5. The predicted octanol–water partition coefficient (Wildman–Crippen LogP) is 4.06. The average Bonchev–Trinajstić information content (AvgIpc) is 3.04. The molecule has 26 heavy (non-hydrogen) atoms. The quantitative estimate of drug-likeness (QED) is 0.560. The standard InChI is InChI=1S/C17H12F4N4O/c18-14-9-11(1-7-15(14)22)2-8-16-23-10-25(24-16)12-3-5-13(6-4-12)26-17(19,20)21/h1-10H,22H2. The highest BCUT2D eigenvalue weighted by Gasteiger charge is 2.30. The lowest BCUT2D eigenvalue weighted by molar-refractivity contribution is -0.274. The zero-order valence-electron chi connectivity index (χ0n) is 13.1. The SMILES string of the molecule is Nc1ccc(C=Cc2ncn(-c3ccc(OC(F)(F)F)cc3)n2)cc1F. The number of alkyl halides is 3. The molecule has 9 heteroatoms. The number of hydrogen-bond donors (Lipinski definition) is 1. The molecule has 3 rings (SSSR count). The van der Waals surface area contributed by atoms with Gasteiger partial charge in [-0.3, -0.25) is 0 Å². The topological polar surface area (TPSA) is 66.0 Å². The highest BCUT2D eigenvalue weighted by Crippen LogP contribution is 2.23. The maximum Gasteiger partial charge on any atom is 0.573 e. The number of nitrogens with two attached hydrogens (primary N) is 1. The second-order valence-corrected chi connectivity index (χ2v) is 5.20. The normalized spacial score (nSPS) is 11.8. The Hall–Kier alpha value is -3.36. The van der Waals surface area contributed by atoms with Crippen molar-refractivity contribution in [3.05, 3.63) is 66.0 Å². The van der Waals surface area contributed by atoms with E-state index in [0.29, 0.717) is 17.1 Å². The number of nitrogen functional groups attached to an aromatic ring is 1. The molecule has 134 valence electrons. The molecule has 0 saturated heterocycles. The van der Waals surface area contributed by atoms with Gasteiger partial charge in [-0.2, -0.15) is 0 Å². The van der Waals surface area contributed by atoms with Crippen LogP contribution in [-0.2, 0) is 0 Å². The lowest BCUT2D eigenvalue weighted by Gasteiger charge is -2.09. The second kappa shape index (κ2) is 6.87. The highest BCUT2D eigenvalue weighted by atomic mass is 19.4. The maximum atomic E-state index is 13.4. The average molecular weight is 364 g/mol. The van der Waals surface area contributed by atoms with Crippen molar-refractivity contribution in [2.75, 3.05) is 5.73 Å². The van der Waals surface area contributed by atoms with Crippen molar-refractivity contribution in [3.8, 4) is 11.4 Å². The van der Waals surface area contributed by atoms with Crippen LogP contribution in [-0.4, -0.2) is 21.1 Å². The van der Waals surface area contributed by atoms with E-state index in [2.05, 4.69) is 14.8 Å². The molecule has 0 saturated carbocycles. The van der Waals surface area contributed by atoms with Gasteiger partial charge in [-0.15, -0.1) is 18.3 Å². The minimum Gasteiger partial charge on any atom is -0.406 e. The van der Waals surface area contributed by atoms with Gasteiger partial charge in [-0.25, -0.2) is 14.1 Å². The van der Waals surface area contributed by atoms with Crippen molar-refractivity contribution in [2.24, 2.45) is 0 Å². The molecule has 0 fully saturated rings. The molecule has 0 spiro atoms. The maximum absolute atomic E-state index is 13.4. The largest absolute Gasteiger partial charge is 0.573 e.